The van der Waals surface area contributed by atoms with E-state index >= 15 is 0 Å². The van der Waals surface area contributed by atoms with E-state index in [0.717, 1.165) is 26.9 Å². The standard InChI is InChI=1S/C22H21N5OS2/c1-16-12-29-22(26-16)30-13-19-6-8-20(9-7-19)21(28)24-10-17-2-4-18(5-3-17)11-27-15-23-14-25-27/h2-9,12,14-15H,10-11,13H2,1H3,(H,24,28). The Morgan fingerprint density at radius 1 is 1.07 bits per heavy atom. The van der Waals surface area contributed by atoms with Crippen LogP contribution in [0.5, 0.6) is 0 Å². The first kappa shape index (κ1) is 20.3. The van der Waals surface area contributed by atoms with Crippen LogP contribution >= 0.6 is 23.1 Å². The molecule has 0 saturated carbocycles. The second kappa shape index (κ2) is 9.69. The minimum absolute atomic E-state index is 0.0727. The molecule has 0 radical (unpaired) electrons. The van der Waals surface area contributed by atoms with Crippen molar-refractivity contribution in [3.05, 3.63) is 94.5 Å². The third-order valence-electron chi connectivity index (χ3n) is 4.46. The minimum Gasteiger partial charge on any atom is -0.348 e. The highest BCUT2D eigenvalue weighted by atomic mass is 32.2. The minimum atomic E-state index is -0.0727. The average Bonchev–Trinajstić information content (AvgIpc) is 3.43. The molecule has 1 N–H and O–H groups in total. The molecule has 0 atom stereocenters. The highest BCUT2D eigenvalue weighted by Gasteiger charge is 2.07. The summed E-state index contributed by atoms with van der Waals surface area (Å²) in [6, 6.07) is 15.9. The number of rotatable bonds is 8. The van der Waals surface area contributed by atoms with Crippen molar-refractivity contribution in [3.63, 3.8) is 0 Å². The van der Waals surface area contributed by atoms with E-state index in [0.29, 0.717) is 18.7 Å². The van der Waals surface area contributed by atoms with Crippen LogP contribution in [0, 0.1) is 6.92 Å². The van der Waals surface area contributed by atoms with Crippen molar-refractivity contribution < 1.29 is 4.79 Å². The smallest absolute Gasteiger partial charge is 0.251 e. The summed E-state index contributed by atoms with van der Waals surface area (Å²) in [4.78, 5) is 20.9. The number of nitrogens with zero attached hydrogens (tertiary/aromatic N) is 4. The molecule has 2 heterocycles. The molecule has 0 bridgehead atoms. The van der Waals surface area contributed by atoms with Gasteiger partial charge in [-0.25, -0.2) is 14.6 Å². The van der Waals surface area contributed by atoms with Crippen molar-refractivity contribution in [1.29, 1.82) is 0 Å². The number of thioether (sulfide) groups is 1. The van der Waals surface area contributed by atoms with Crippen LogP contribution in [0.4, 0.5) is 0 Å². The van der Waals surface area contributed by atoms with Gasteiger partial charge < -0.3 is 5.32 Å². The lowest BCUT2D eigenvalue weighted by atomic mass is 10.1. The van der Waals surface area contributed by atoms with Crippen molar-refractivity contribution in [2.75, 3.05) is 0 Å². The Balaban J connectivity index is 1.26. The lowest BCUT2D eigenvalue weighted by molar-refractivity contribution is 0.0951. The molecule has 2 aromatic carbocycles. The molecule has 30 heavy (non-hydrogen) atoms. The number of benzene rings is 2. The highest BCUT2D eigenvalue weighted by Crippen LogP contribution is 2.26. The Morgan fingerprint density at radius 2 is 1.80 bits per heavy atom. The van der Waals surface area contributed by atoms with E-state index in [1.165, 1.54) is 11.9 Å². The molecule has 1 amide bonds. The Morgan fingerprint density at radius 3 is 2.47 bits per heavy atom. The van der Waals surface area contributed by atoms with E-state index in [2.05, 4.69) is 25.8 Å². The topological polar surface area (TPSA) is 72.7 Å². The van der Waals surface area contributed by atoms with Gasteiger partial charge in [-0.2, -0.15) is 5.10 Å². The van der Waals surface area contributed by atoms with Crippen molar-refractivity contribution in [1.82, 2.24) is 25.1 Å². The molecule has 0 aliphatic rings. The number of amides is 1. The summed E-state index contributed by atoms with van der Waals surface area (Å²) in [6.07, 6.45) is 3.22. The van der Waals surface area contributed by atoms with Gasteiger partial charge in [0.15, 0.2) is 0 Å². The van der Waals surface area contributed by atoms with Gasteiger partial charge in [0.2, 0.25) is 0 Å². The zero-order chi connectivity index (χ0) is 20.8. The molecule has 6 nitrogen and oxygen atoms in total. The number of aromatic nitrogens is 4. The Hall–Kier alpha value is -2.97. The van der Waals surface area contributed by atoms with Gasteiger partial charge in [0.1, 0.15) is 17.0 Å². The maximum absolute atomic E-state index is 12.4. The largest absolute Gasteiger partial charge is 0.348 e. The van der Waals surface area contributed by atoms with E-state index < -0.39 is 0 Å². The van der Waals surface area contributed by atoms with Crippen LogP contribution in [0.15, 0.2) is 70.9 Å². The number of aryl methyl sites for hydroxylation is 1. The van der Waals surface area contributed by atoms with Gasteiger partial charge in [0.25, 0.3) is 5.91 Å². The SMILES string of the molecule is Cc1csc(SCc2ccc(C(=O)NCc3ccc(Cn4cncn4)cc3)cc2)n1. The summed E-state index contributed by atoms with van der Waals surface area (Å²) in [5.41, 5.74) is 5.08. The summed E-state index contributed by atoms with van der Waals surface area (Å²) >= 11 is 3.38. The lowest BCUT2D eigenvalue weighted by Crippen LogP contribution is -2.22. The van der Waals surface area contributed by atoms with Crippen LogP contribution in [0.1, 0.15) is 32.7 Å². The average molecular weight is 436 g/mol. The molecule has 0 fully saturated rings. The summed E-state index contributed by atoms with van der Waals surface area (Å²) in [5, 5.41) is 9.14. The van der Waals surface area contributed by atoms with E-state index in [4.69, 9.17) is 0 Å². The van der Waals surface area contributed by atoms with Crippen LogP contribution < -0.4 is 5.32 Å². The van der Waals surface area contributed by atoms with Gasteiger partial charge >= 0.3 is 0 Å². The van der Waals surface area contributed by atoms with Crippen LogP contribution in [0.2, 0.25) is 0 Å². The molecule has 0 spiro atoms. The molecule has 2 aromatic heterocycles. The molecular formula is C22H21N5OS2. The number of hydrogen-bond acceptors (Lipinski definition) is 6. The molecule has 4 rings (SSSR count). The molecule has 152 valence electrons. The first-order chi connectivity index (χ1) is 14.7. The molecule has 8 heteroatoms. The maximum Gasteiger partial charge on any atom is 0.251 e. The first-order valence-electron chi connectivity index (χ1n) is 9.48. The zero-order valence-corrected chi connectivity index (χ0v) is 18.1. The molecular weight excluding hydrogens is 414 g/mol. The predicted molar refractivity (Wildman–Crippen MR) is 120 cm³/mol. The summed E-state index contributed by atoms with van der Waals surface area (Å²) in [7, 11) is 0. The van der Waals surface area contributed by atoms with Crippen molar-refractivity contribution in [2.24, 2.45) is 0 Å². The quantitative estimate of drug-likeness (QED) is 0.418. The van der Waals surface area contributed by atoms with Crippen LogP contribution in [0.3, 0.4) is 0 Å². The lowest BCUT2D eigenvalue weighted by Gasteiger charge is -2.08. The van der Waals surface area contributed by atoms with Crippen molar-refractivity contribution >= 4 is 29.0 Å². The fraction of sp³-hybridized carbons (Fsp3) is 0.182. The number of carbonyl (C=O) groups excluding carboxylic acids is 1. The number of hydrogen-bond donors (Lipinski definition) is 1. The summed E-state index contributed by atoms with van der Waals surface area (Å²) in [5.74, 6) is 0.770. The number of thiazole rings is 1. The number of carbonyl (C=O) groups is 1. The fourth-order valence-corrected chi connectivity index (χ4v) is 4.65. The monoisotopic (exact) mass is 435 g/mol. The summed E-state index contributed by atoms with van der Waals surface area (Å²) < 4.78 is 2.85. The van der Waals surface area contributed by atoms with Crippen LogP contribution in [0.25, 0.3) is 0 Å². The maximum atomic E-state index is 12.4. The van der Waals surface area contributed by atoms with Gasteiger partial charge in [0, 0.05) is 28.9 Å². The zero-order valence-electron chi connectivity index (χ0n) is 16.5. The fourth-order valence-electron chi connectivity index (χ4n) is 2.84. The van der Waals surface area contributed by atoms with Gasteiger partial charge in [0.05, 0.1) is 6.54 Å². The molecule has 0 saturated heterocycles. The van der Waals surface area contributed by atoms with Gasteiger partial charge in [-0.15, -0.1) is 11.3 Å². The normalized spacial score (nSPS) is 10.8. The molecule has 4 aromatic rings. The van der Waals surface area contributed by atoms with Gasteiger partial charge in [-0.3, -0.25) is 4.79 Å². The van der Waals surface area contributed by atoms with E-state index in [1.807, 2.05) is 55.5 Å². The predicted octanol–water partition coefficient (Wildman–Crippen LogP) is 4.31. The molecule has 0 aliphatic carbocycles. The molecule has 0 aliphatic heterocycles. The second-order valence-electron chi connectivity index (χ2n) is 6.83. The van der Waals surface area contributed by atoms with Crippen LogP contribution in [-0.4, -0.2) is 25.7 Å². The summed E-state index contributed by atoms with van der Waals surface area (Å²) in [6.45, 7) is 3.17. The van der Waals surface area contributed by atoms with E-state index in [-0.39, 0.29) is 5.91 Å². The highest BCUT2D eigenvalue weighted by molar-refractivity contribution is 8.00. The Bertz CT molecular complexity index is 1090. The van der Waals surface area contributed by atoms with Crippen molar-refractivity contribution in [3.8, 4) is 0 Å². The van der Waals surface area contributed by atoms with Gasteiger partial charge in [-0.05, 0) is 35.7 Å². The Kier molecular flexibility index (Phi) is 6.56. The third-order valence-corrected chi connectivity index (χ3v) is 6.67. The Labute approximate surface area is 183 Å². The second-order valence-corrected chi connectivity index (χ2v) is 8.91. The van der Waals surface area contributed by atoms with E-state index in [9.17, 15) is 4.79 Å². The van der Waals surface area contributed by atoms with Crippen molar-refractivity contribution in [2.45, 2.75) is 30.1 Å². The molecule has 0 unspecified atom stereocenters. The number of nitrogens with one attached hydrogen (secondary N) is 1. The third kappa shape index (κ3) is 5.55. The van der Waals surface area contributed by atoms with Crippen LogP contribution in [-0.2, 0) is 18.8 Å². The van der Waals surface area contributed by atoms with E-state index in [1.54, 1.807) is 34.1 Å². The van der Waals surface area contributed by atoms with Gasteiger partial charge in [-0.1, -0.05) is 48.2 Å². The first-order valence-corrected chi connectivity index (χ1v) is 11.3.